The molecule has 0 atom stereocenters. The topological polar surface area (TPSA) is 53.1 Å². The molecule has 8 aliphatic rings. The molecule has 1 N–H and O–H groups in total. The van der Waals surface area contributed by atoms with Crippen LogP contribution in [0.3, 0.4) is 0 Å². The molecule has 0 radical (unpaired) electrons. The van der Waals surface area contributed by atoms with Gasteiger partial charge in [0.05, 0.1) is 53.4 Å². The van der Waals surface area contributed by atoms with E-state index >= 15 is 0 Å². The molecule has 182 valence electrons. The van der Waals surface area contributed by atoms with Gasteiger partial charge in [-0.25, -0.2) is 0 Å². The Kier molecular flexibility index (Phi) is 7.03. The third-order valence-corrected chi connectivity index (χ3v) is 10.9. The normalized spacial score (nSPS) is 46.5. The summed E-state index contributed by atoms with van der Waals surface area (Å²) in [5, 5.41) is 8.25. The highest BCUT2D eigenvalue weighted by Gasteiger charge is 2.58. The zero-order valence-corrected chi connectivity index (χ0v) is 21.7. The van der Waals surface area contributed by atoms with E-state index in [0.717, 1.165) is 42.6 Å². The monoisotopic (exact) mass is 436 g/mol. The van der Waals surface area contributed by atoms with Gasteiger partial charge in [0.2, 0.25) is 0 Å². The molecule has 0 aliphatic heterocycles. The summed E-state index contributed by atoms with van der Waals surface area (Å²) < 4.78 is 2.44. The van der Waals surface area contributed by atoms with Gasteiger partial charge >= 0.3 is 0 Å². The standard InChI is InChI=1S/2C13H24N.CH3O.H2O/c2*1-14(2,3)13-7-10-4-11(8-13)6-12(5-10)9-13;1-2;/h2*10-12H,4-9H2,1-3H3;1H3;1H2/q2*+1;-1;/p-1. The molecule has 31 heavy (non-hydrogen) atoms. The molecule has 0 aromatic carbocycles. The maximum Gasteiger partial charge on any atom is 0.0994 e. The molecule has 8 rings (SSSR count). The van der Waals surface area contributed by atoms with Crippen LogP contribution in [-0.2, 0) is 0 Å². The molecule has 8 saturated carbocycles. The van der Waals surface area contributed by atoms with Crippen molar-refractivity contribution >= 4 is 0 Å². The number of hydrogen-bond acceptors (Lipinski definition) is 2. The second-order valence-corrected chi connectivity index (χ2v) is 14.3. The highest BCUT2D eigenvalue weighted by molar-refractivity contribution is 5.04. The first kappa shape index (κ1) is 25.5. The Morgan fingerprint density at radius 1 is 0.452 bits per heavy atom. The van der Waals surface area contributed by atoms with E-state index in [-0.39, 0.29) is 5.48 Å². The predicted molar refractivity (Wildman–Crippen MR) is 126 cm³/mol. The van der Waals surface area contributed by atoms with Gasteiger partial charge in [-0.15, -0.1) is 0 Å². The van der Waals surface area contributed by atoms with E-state index < -0.39 is 0 Å². The summed E-state index contributed by atoms with van der Waals surface area (Å²) >= 11 is 0. The van der Waals surface area contributed by atoms with Crippen LogP contribution in [0, 0.1) is 35.5 Å². The van der Waals surface area contributed by atoms with Crippen LogP contribution < -0.4 is 5.11 Å². The van der Waals surface area contributed by atoms with Crippen molar-refractivity contribution in [1.29, 1.82) is 0 Å². The highest BCUT2D eigenvalue weighted by Crippen LogP contribution is 2.59. The minimum absolute atomic E-state index is 0. The minimum atomic E-state index is 0. The first-order chi connectivity index (χ1) is 14.0. The quantitative estimate of drug-likeness (QED) is 0.611. The fourth-order valence-electron chi connectivity index (χ4n) is 9.77. The zero-order chi connectivity index (χ0) is 21.9. The van der Waals surface area contributed by atoms with Crippen molar-refractivity contribution in [2.75, 3.05) is 49.4 Å². The Morgan fingerprint density at radius 3 is 0.742 bits per heavy atom. The van der Waals surface area contributed by atoms with E-state index in [1.807, 2.05) is 0 Å². The average molecular weight is 437 g/mol. The van der Waals surface area contributed by atoms with Crippen LogP contribution in [-0.4, -0.2) is 74.9 Å². The molecule has 0 aromatic rings. The summed E-state index contributed by atoms with van der Waals surface area (Å²) in [5.74, 6) is 6.58. The van der Waals surface area contributed by atoms with Crippen LogP contribution in [0.5, 0.6) is 0 Å². The molecule has 0 spiro atoms. The molecular weight excluding hydrogens is 384 g/mol. The first-order valence-corrected chi connectivity index (χ1v) is 13.0. The molecule has 0 heterocycles. The van der Waals surface area contributed by atoms with Crippen LogP contribution >= 0.6 is 0 Å². The smallest absolute Gasteiger partial charge is 0.0994 e. The number of rotatable bonds is 2. The molecule has 0 saturated heterocycles. The van der Waals surface area contributed by atoms with Crippen molar-refractivity contribution in [3.05, 3.63) is 0 Å². The highest BCUT2D eigenvalue weighted by atomic mass is 16.2. The van der Waals surface area contributed by atoms with Gasteiger partial charge in [-0.3, -0.25) is 0 Å². The van der Waals surface area contributed by atoms with Gasteiger partial charge in [0.15, 0.2) is 0 Å². The lowest BCUT2D eigenvalue weighted by molar-refractivity contribution is -0.930. The van der Waals surface area contributed by atoms with Crippen molar-refractivity contribution in [3.63, 3.8) is 0 Å². The van der Waals surface area contributed by atoms with Crippen molar-refractivity contribution in [2.24, 2.45) is 35.5 Å². The van der Waals surface area contributed by atoms with Gasteiger partial charge in [-0.2, -0.15) is 7.11 Å². The molecular formula is C27H52N2O2. The van der Waals surface area contributed by atoms with Crippen LogP contribution in [0.15, 0.2) is 0 Å². The maximum absolute atomic E-state index is 8.25. The Labute approximate surface area is 192 Å². The van der Waals surface area contributed by atoms with Gasteiger partial charge in [0.25, 0.3) is 0 Å². The Bertz CT molecular complexity index is 491. The van der Waals surface area contributed by atoms with Gasteiger partial charge in [0, 0.05) is 38.5 Å². The minimum Gasteiger partial charge on any atom is -0.870 e. The van der Waals surface area contributed by atoms with Crippen LogP contribution in [0.25, 0.3) is 0 Å². The fourth-order valence-corrected chi connectivity index (χ4v) is 9.77. The summed E-state index contributed by atoms with van der Waals surface area (Å²) in [6.07, 6.45) is 18.6. The van der Waals surface area contributed by atoms with Crippen LogP contribution in [0.1, 0.15) is 77.0 Å². The van der Waals surface area contributed by atoms with Crippen LogP contribution in [0.2, 0.25) is 0 Å². The molecule has 8 aliphatic carbocycles. The summed E-state index contributed by atoms with van der Waals surface area (Å²) in [7, 11) is 15.3. The third-order valence-electron chi connectivity index (χ3n) is 10.9. The lowest BCUT2D eigenvalue weighted by atomic mass is 9.52. The van der Waals surface area contributed by atoms with Gasteiger partial charge in [0.1, 0.15) is 0 Å². The molecule has 8 bridgehead atoms. The lowest BCUT2D eigenvalue weighted by Crippen LogP contribution is -2.65. The van der Waals surface area contributed by atoms with Gasteiger partial charge in [-0.05, 0) is 74.0 Å². The second kappa shape index (κ2) is 8.56. The van der Waals surface area contributed by atoms with E-state index in [2.05, 4.69) is 42.3 Å². The lowest BCUT2D eigenvalue weighted by Gasteiger charge is -2.61. The molecule has 4 heteroatoms. The number of nitrogens with zero attached hydrogens (tertiary/aromatic N) is 2. The molecule has 0 unspecified atom stereocenters. The van der Waals surface area contributed by atoms with Crippen LogP contribution in [0.4, 0.5) is 0 Å². The summed E-state index contributed by atoms with van der Waals surface area (Å²) in [6.45, 7) is 0. The largest absolute Gasteiger partial charge is 0.870 e. The number of quaternary nitrogens is 2. The van der Waals surface area contributed by atoms with Gasteiger partial charge < -0.3 is 19.5 Å². The summed E-state index contributed by atoms with van der Waals surface area (Å²) in [6, 6.07) is 0. The Morgan fingerprint density at radius 2 is 0.613 bits per heavy atom. The number of hydrogen-bond donors (Lipinski definition) is 0. The van der Waals surface area contributed by atoms with E-state index in [1.54, 1.807) is 38.5 Å². The molecule has 0 amide bonds. The van der Waals surface area contributed by atoms with Crippen molar-refractivity contribution < 1.29 is 19.5 Å². The van der Waals surface area contributed by atoms with Crippen molar-refractivity contribution in [3.8, 4) is 0 Å². The summed E-state index contributed by atoms with van der Waals surface area (Å²) in [4.78, 5) is 0. The van der Waals surface area contributed by atoms with E-state index in [1.165, 1.54) is 47.5 Å². The van der Waals surface area contributed by atoms with Crippen molar-refractivity contribution in [2.45, 2.75) is 88.1 Å². The molecule has 8 fully saturated rings. The van der Waals surface area contributed by atoms with E-state index in [9.17, 15) is 0 Å². The average Bonchev–Trinajstić information content (AvgIpc) is 2.60. The molecule has 4 nitrogen and oxygen atoms in total. The van der Waals surface area contributed by atoms with Crippen molar-refractivity contribution in [1.82, 2.24) is 0 Å². The Balaban J connectivity index is 0.000000158. The summed E-state index contributed by atoms with van der Waals surface area (Å²) in [5.41, 5.74) is 1.35. The maximum atomic E-state index is 8.25. The third kappa shape index (κ3) is 4.48. The first-order valence-electron chi connectivity index (χ1n) is 13.0. The van der Waals surface area contributed by atoms with E-state index in [4.69, 9.17) is 5.11 Å². The SMILES string of the molecule is C[N+](C)(C)C12CC3CC(CC(C3)C1)C2.C[N+](C)(C)C12CC3CC(CC(C3)C1)C2.C[O-].[OH-]. The van der Waals surface area contributed by atoms with Gasteiger partial charge in [-0.1, -0.05) is 0 Å². The zero-order valence-electron chi connectivity index (χ0n) is 21.7. The van der Waals surface area contributed by atoms with E-state index in [0.29, 0.717) is 11.1 Å². The molecule has 0 aromatic heterocycles. The second-order valence-electron chi connectivity index (χ2n) is 14.3. The fraction of sp³-hybridized carbons (Fsp3) is 1.00. The predicted octanol–water partition coefficient (Wildman–Crippen LogP) is 4.12. The Hall–Kier alpha value is -0.160.